The fourth-order valence-electron chi connectivity index (χ4n) is 2.62. The number of ether oxygens (including phenoxy) is 3. The zero-order valence-electron chi connectivity index (χ0n) is 17.2. The molecule has 0 bridgehead atoms. The molecule has 7 heteroatoms. The number of unbranched alkanes of at least 4 members (excludes halogenated alkanes) is 1. The number of hydrogen-bond acceptors (Lipinski definition) is 6. The maximum absolute atomic E-state index is 12.2. The van der Waals surface area contributed by atoms with Gasteiger partial charge >= 0.3 is 0 Å². The molecule has 0 fully saturated rings. The van der Waals surface area contributed by atoms with Gasteiger partial charge < -0.3 is 14.2 Å². The Labute approximate surface area is 180 Å². The number of carbonyl (C=O) groups excluding carboxylic acids is 1. The minimum atomic E-state index is -0.260. The van der Waals surface area contributed by atoms with Crippen LogP contribution in [-0.2, 0) is 4.79 Å². The zero-order valence-corrected chi connectivity index (χ0v) is 18.0. The highest BCUT2D eigenvalue weighted by Crippen LogP contribution is 2.26. The molecule has 0 aliphatic rings. The smallest absolute Gasteiger partial charge is 0.264 e. The standard InChI is InChI=1S/C23H26N2O4S/c1-3-5-14-28-19-8-6-17(7-9-19)21-16-30-23(24-21)25-22(26)15-29-20-12-10-18(11-13-20)27-4-2/h6-13,16H,3-5,14-15H2,1-2H3,(H,24,25,26). The zero-order chi connectivity index (χ0) is 21.2. The van der Waals surface area contributed by atoms with Crippen LogP contribution in [0.3, 0.4) is 0 Å². The first-order chi connectivity index (χ1) is 14.7. The SMILES string of the molecule is CCCCOc1ccc(-c2csc(NC(=O)COc3ccc(OCC)cc3)n2)cc1. The number of rotatable bonds is 11. The van der Waals surface area contributed by atoms with Crippen molar-refractivity contribution in [1.29, 1.82) is 0 Å². The molecule has 1 amide bonds. The Morgan fingerprint density at radius 3 is 2.23 bits per heavy atom. The van der Waals surface area contributed by atoms with Crippen molar-refractivity contribution in [1.82, 2.24) is 4.98 Å². The first-order valence-electron chi connectivity index (χ1n) is 10.0. The average Bonchev–Trinajstić information content (AvgIpc) is 3.22. The second-order valence-electron chi connectivity index (χ2n) is 6.51. The molecular formula is C23H26N2O4S. The van der Waals surface area contributed by atoms with Crippen LogP contribution in [0.1, 0.15) is 26.7 Å². The molecule has 0 aliphatic heterocycles. The van der Waals surface area contributed by atoms with Gasteiger partial charge in [0.15, 0.2) is 11.7 Å². The molecule has 0 aliphatic carbocycles. The number of aromatic nitrogens is 1. The molecule has 0 radical (unpaired) electrons. The Kier molecular flexibility index (Phi) is 8.09. The lowest BCUT2D eigenvalue weighted by atomic mass is 10.2. The molecule has 3 rings (SSSR count). The summed E-state index contributed by atoms with van der Waals surface area (Å²) in [5, 5.41) is 5.22. The number of thiazole rings is 1. The van der Waals surface area contributed by atoms with Crippen LogP contribution in [-0.4, -0.2) is 30.7 Å². The summed E-state index contributed by atoms with van der Waals surface area (Å²) in [5.74, 6) is 1.96. The van der Waals surface area contributed by atoms with E-state index in [-0.39, 0.29) is 12.5 Å². The van der Waals surface area contributed by atoms with Gasteiger partial charge in [0.25, 0.3) is 5.91 Å². The van der Waals surface area contributed by atoms with E-state index >= 15 is 0 Å². The van der Waals surface area contributed by atoms with Crippen molar-refractivity contribution < 1.29 is 19.0 Å². The van der Waals surface area contributed by atoms with Crippen molar-refractivity contribution in [3.8, 4) is 28.5 Å². The average molecular weight is 427 g/mol. The summed E-state index contributed by atoms with van der Waals surface area (Å²) in [6, 6.07) is 15.0. The van der Waals surface area contributed by atoms with Crippen LogP contribution >= 0.6 is 11.3 Å². The number of hydrogen-bond donors (Lipinski definition) is 1. The lowest BCUT2D eigenvalue weighted by Crippen LogP contribution is -2.20. The van der Waals surface area contributed by atoms with E-state index in [1.165, 1.54) is 11.3 Å². The third-order valence-corrected chi connectivity index (χ3v) is 4.93. The highest BCUT2D eigenvalue weighted by molar-refractivity contribution is 7.14. The molecule has 158 valence electrons. The maximum atomic E-state index is 12.2. The molecule has 0 spiro atoms. The van der Waals surface area contributed by atoms with E-state index in [0.717, 1.165) is 42.2 Å². The van der Waals surface area contributed by atoms with E-state index < -0.39 is 0 Å². The Hall–Kier alpha value is -3.06. The monoisotopic (exact) mass is 426 g/mol. The lowest BCUT2D eigenvalue weighted by Gasteiger charge is -2.07. The third-order valence-electron chi connectivity index (χ3n) is 4.17. The van der Waals surface area contributed by atoms with Gasteiger partial charge in [-0.15, -0.1) is 11.3 Å². The molecule has 1 aromatic heterocycles. The van der Waals surface area contributed by atoms with Gasteiger partial charge in [0, 0.05) is 10.9 Å². The molecule has 3 aromatic rings. The van der Waals surface area contributed by atoms with Crippen LogP contribution in [0.4, 0.5) is 5.13 Å². The normalized spacial score (nSPS) is 10.5. The second-order valence-corrected chi connectivity index (χ2v) is 7.36. The van der Waals surface area contributed by atoms with Gasteiger partial charge in [-0.2, -0.15) is 0 Å². The molecule has 0 saturated heterocycles. The van der Waals surface area contributed by atoms with Crippen molar-refractivity contribution >= 4 is 22.4 Å². The summed E-state index contributed by atoms with van der Waals surface area (Å²) >= 11 is 1.38. The Balaban J connectivity index is 1.49. The fraction of sp³-hybridized carbons (Fsp3) is 0.304. The van der Waals surface area contributed by atoms with E-state index in [0.29, 0.717) is 17.5 Å². The summed E-state index contributed by atoms with van der Waals surface area (Å²) in [6.45, 7) is 5.30. The van der Waals surface area contributed by atoms with Gasteiger partial charge in [-0.1, -0.05) is 13.3 Å². The van der Waals surface area contributed by atoms with Crippen LogP contribution in [0.5, 0.6) is 17.2 Å². The molecule has 30 heavy (non-hydrogen) atoms. The summed E-state index contributed by atoms with van der Waals surface area (Å²) in [7, 11) is 0. The van der Waals surface area contributed by atoms with Crippen LogP contribution < -0.4 is 19.5 Å². The lowest BCUT2D eigenvalue weighted by molar-refractivity contribution is -0.118. The first kappa shape index (κ1) is 21.6. The quantitative estimate of drug-likeness (QED) is 0.416. The van der Waals surface area contributed by atoms with Crippen LogP contribution in [0.25, 0.3) is 11.3 Å². The van der Waals surface area contributed by atoms with Crippen molar-refractivity contribution in [2.45, 2.75) is 26.7 Å². The summed E-state index contributed by atoms with van der Waals surface area (Å²) < 4.78 is 16.6. The molecule has 1 heterocycles. The minimum absolute atomic E-state index is 0.0906. The van der Waals surface area contributed by atoms with Gasteiger partial charge in [0.1, 0.15) is 17.2 Å². The largest absolute Gasteiger partial charge is 0.494 e. The number of nitrogens with one attached hydrogen (secondary N) is 1. The predicted molar refractivity (Wildman–Crippen MR) is 120 cm³/mol. The topological polar surface area (TPSA) is 69.7 Å². The number of amides is 1. The van der Waals surface area contributed by atoms with E-state index in [4.69, 9.17) is 14.2 Å². The van der Waals surface area contributed by atoms with Gasteiger partial charge in [0.2, 0.25) is 0 Å². The molecule has 6 nitrogen and oxygen atoms in total. The minimum Gasteiger partial charge on any atom is -0.494 e. The number of nitrogens with zero attached hydrogens (tertiary/aromatic N) is 1. The first-order valence-corrected chi connectivity index (χ1v) is 10.9. The van der Waals surface area contributed by atoms with Crippen LogP contribution in [0.15, 0.2) is 53.9 Å². The highest BCUT2D eigenvalue weighted by Gasteiger charge is 2.09. The van der Waals surface area contributed by atoms with Crippen molar-refractivity contribution in [2.24, 2.45) is 0 Å². The summed E-state index contributed by atoms with van der Waals surface area (Å²) in [6.07, 6.45) is 2.15. The van der Waals surface area contributed by atoms with Crippen molar-refractivity contribution in [3.05, 3.63) is 53.9 Å². The molecule has 0 unspecified atom stereocenters. The molecule has 2 aromatic carbocycles. The van der Waals surface area contributed by atoms with E-state index in [1.54, 1.807) is 12.1 Å². The van der Waals surface area contributed by atoms with Crippen molar-refractivity contribution in [3.63, 3.8) is 0 Å². The maximum Gasteiger partial charge on any atom is 0.264 e. The third kappa shape index (κ3) is 6.49. The number of benzene rings is 2. The molecule has 0 saturated carbocycles. The van der Waals surface area contributed by atoms with E-state index in [1.807, 2.05) is 48.7 Å². The number of anilines is 1. The van der Waals surface area contributed by atoms with Gasteiger partial charge in [-0.05, 0) is 61.9 Å². The Morgan fingerprint density at radius 2 is 1.57 bits per heavy atom. The van der Waals surface area contributed by atoms with Gasteiger partial charge in [-0.3, -0.25) is 10.1 Å². The van der Waals surface area contributed by atoms with Gasteiger partial charge in [0.05, 0.1) is 18.9 Å². The van der Waals surface area contributed by atoms with Crippen LogP contribution in [0.2, 0.25) is 0 Å². The Morgan fingerprint density at radius 1 is 0.933 bits per heavy atom. The summed E-state index contributed by atoms with van der Waals surface area (Å²) in [4.78, 5) is 16.6. The van der Waals surface area contributed by atoms with Gasteiger partial charge in [-0.25, -0.2) is 4.98 Å². The van der Waals surface area contributed by atoms with Crippen LogP contribution in [0, 0.1) is 0 Å². The Bertz CT molecular complexity index is 923. The number of carbonyl (C=O) groups is 1. The molecule has 0 atom stereocenters. The molecular weight excluding hydrogens is 400 g/mol. The predicted octanol–water partition coefficient (Wildman–Crippen LogP) is 5.41. The van der Waals surface area contributed by atoms with Crippen molar-refractivity contribution in [2.75, 3.05) is 25.1 Å². The summed E-state index contributed by atoms with van der Waals surface area (Å²) in [5.41, 5.74) is 1.78. The highest BCUT2D eigenvalue weighted by atomic mass is 32.1. The van der Waals surface area contributed by atoms with E-state index in [2.05, 4.69) is 17.2 Å². The second kappa shape index (κ2) is 11.2. The molecule has 1 N–H and O–H groups in total. The van der Waals surface area contributed by atoms with E-state index in [9.17, 15) is 4.79 Å². The fourth-order valence-corrected chi connectivity index (χ4v) is 3.36.